The number of rotatable bonds is 21. The third-order valence-corrected chi connectivity index (χ3v) is 4.98. The molecule has 0 spiro atoms. The number of Topliss-reactive ketones (excluding diaryl/α,β-unsaturated/α-hetero) is 1. The summed E-state index contributed by atoms with van der Waals surface area (Å²) in [6, 6.07) is 0. The van der Waals surface area contributed by atoms with Crippen molar-refractivity contribution in [3.63, 3.8) is 0 Å². The number of ether oxygens (including phenoxy) is 5. The lowest BCUT2D eigenvalue weighted by Crippen LogP contribution is -2.22. The van der Waals surface area contributed by atoms with Gasteiger partial charge in [0.15, 0.2) is 5.78 Å². The molecular formula is C21H44O8S. The van der Waals surface area contributed by atoms with E-state index >= 15 is 0 Å². The lowest BCUT2D eigenvalue weighted by atomic mass is 9.94. The Kier molecular flexibility index (Phi) is 24.3. The number of hydrogen-bond acceptors (Lipinski definition) is 8. The normalized spacial score (nSPS) is 12.3. The zero-order chi connectivity index (χ0) is 23.1. The molecule has 1 atom stereocenters. The van der Waals surface area contributed by atoms with Crippen molar-refractivity contribution in [2.45, 2.75) is 46.5 Å². The third-order valence-electron chi connectivity index (χ3n) is 3.95. The highest BCUT2D eigenvalue weighted by Gasteiger charge is 2.18. The van der Waals surface area contributed by atoms with E-state index in [9.17, 15) is 13.2 Å². The highest BCUT2D eigenvalue weighted by molar-refractivity contribution is 7.90. The van der Waals surface area contributed by atoms with Gasteiger partial charge in [0.25, 0.3) is 0 Å². The number of methoxy groups -OCH3 is 1. The van der Waals surface area contributed by atoms with E-state index in [0.29, 0.717) is 65.7 Å². The van der Waals surface area contributed by atoms with E-state index in [2.05, 4.69) is 0 Å². The number of carbonyl (C=O) groups excluding carboxylic acids is 1. The van der Waals surface area contributed by atoms with Crippen LogP contribution >= 0.6 is 0 Å². The molecule has 0 saturated heterocycles. The van der Waals surface area contributed by atoms with Crippen molar-refractivity contribution in [3.8, 4) is 0 Å². The maximum absolute atomic E-state index is 12.2. The van der Waals surface area contributed by atoms with Crippen LogP contribution in [0.3, 0.4) is 0 Å². The van der Waals surface area contributed by atoms with Crippen molar-refractivity contribution in [1.82, 2.24) is 0 Å². The second-order valence-corrected chi connectivity index (χ2v) is 8.87. The Morgan fingerprint density at radius 1 is 0.800 bits per heavy atom. The second kappa shape index (κ2) is 23.1. The van der Waals surface area contributed by atoms with Gasteiger partial charge in [0.05, 0.1) is 52.9 Å². The molecule has 0 aliphatic rings. The number of carbonyl (C=O) groups is 1. The van der Waals surface area contributed by atoms with Crippen LogP contribution < -0.4 is 0 Å². The predicted octanol–water partition coefficient (Wildman–Crippen LogP) is 2.54. The van der Waals surface area contributed by atoms with Crippen LogP contribution in [0, 0.1) is 5.92 Å². The molecule has 0 aromatic rings. The summed E-state index contributed by atoms with van der Waals surface area (Å²) in [5.74, 6) is 0.0237. The molecule has 0 fully saturated rings. The van der Waals surface area contributed by atoms with E-state index in [-0.39, 0.29) is 24.1 Å². The first-order valence-electron chi connectivity index (χ1n) is 10.9. The van der Waals surface area contributed by atoms with Gasteiger partial charge >= 0.3 is 0 Å². The largest absolute Gasteiger partial charge is 0.382 e. The van der Waals surface area contributed by atoms with Crippen LogP contribution in [0.4, 0.5) is 0 Å². The first-order chi connectivity index (χ1) is 14.4. The summed E-state index contributed by atoms with van der Waals surface area (Å²) >= 11 is 0. The predicted molar refractivity (Wildman–Crippen MR) is 119 cm³/mol. The van der Waals surface area contributed by atoms with Gasteiger partial charge in [-0.15, -0.1) is 0 Å². The molecule has 0 N–H and O–H groups in total. The van der Waals surface area contributed by atoms with Crippen LogP contribution in [0.25, 0.3) is 0 Å². The molecular weight excluding hydrogens is 412 g/mol. The smallest absolute Gasteiger partial charge is 0.161 e. The standard InChI is InChI=1S/C19H38O8S.C2H6/c1-4-6-18(7-5-16-28(3,21)22)19(20)17-27-15-14-26-13-12-25-11-10-24-9-8-23-2;1-2/h18H,4-17H2,1-3H3;1-2H3. The molecule has 0 radical (unpaired) electrons. The Labute approximate surface area is 183 Å². The topological polar surface area (TPSA) is 97.4 Å². The molecule has 0 saturated carbocycles. The minimum Gasteiger partial charge on any atom is -0.382 e. The summed E-state index contributed by atoms with van der Waals surface area (Å²) in [5.41, 5.74) is 0. The first-order valence-corrected chi connectivity index (χ1v) is 13.0. The second-order valence-electron chi connectivity index (χ2n) is 6.61. The van der Waals surface area contributed by atoms with E-state index in [4.69, 9.17) is 23.7 Å². The molecule has 0 aromatic carbocycles. The molecule has 8 nitrogen and oxygen atoms in total. The fourth-order valence-corrected chi connectivity index (χ4v) is 3.19. The van der Waals surface area contributed by atoms with Crippen molar-refractivity contribution >= 4 is 15.6 Å². The molecule has 1 unspecified atom stereocenters. The molecule has 0 bridgehead atoms. The minimum absolute atomic E-state index is 0.0344. The fourth-order valence-electron chi connectivity index (χ4n) is 2.50. The van der Waals surface area contributed by atoms with Crippen LogP contribution in [0.5, 0.6) is 0 Å². The molecule has 30 heavy (non-hydrogen) atoms. The summed E-state index contributed by atoms with van der Waals surface area (Å²) in [6.07, 6.45) is 3.96. The fraction of sp³-hybridized carbons (Fsp3) is 0.952. The molecule has 9 heteroatoms. The summed E-state index contributed by atoms with van der Waals surface area (Å²) < 4.78 is 48.7. The number of hydrogen-bond donors (Lipinski definition) is 0. The van der Waals surface area contributed by atoms with Gasteiger partial charge in [-0.3, -0.25) is 4.79 Å². The SMILES string of the molecule is CC.CCCC(CCCS(C)(=O)=O)C(=O)COCCOCCOCCOCCOC. The Balaban J connectivity index is 0. The molecule has 0 rings (SSSR count). The average molecular weight is 457 g/mol. The van der Waals surface area contributed by atoms with Gasteiger partial charge in [-0.25, -0.2) is 8.42 Å². The average Bonchev–Trinajstić information content (AvgIpc) is 2.71. The lowest BCUT2D eigenvalue weighted by Gasteiger charge is -2.15. The third kappa shape index (κ3) is 23.7. The van der Waals surface area contributed by atoms with Gasteiger partial charge in [0.2, 0.25) is 0 Å². The van der Waals surface area contributed by atoms with Crippen molar-refractivity contribution in [1.29, 1.82) is 0 Å². The zero-order valence-corrected chi connectivity index (χ0v) is 20.5. The summed E-state index contributed by atoms with van der Waals surface area (Å²) in [4.78, 5) is 12.2. The zero-order valence-electron chi connectivity index (χ0n) is 19.7. The van der Waals surface area contributed by atoms with Gasteiger partial charge in [-0.1, -0.05) is 27.2 Å². The van der Waals surface area contributed by atoms with E-state index in [1.54, 1.807) is 7.11 Å². The van der Waals surface area contributed by atoms with Crippen LogP contribution in [-0.2, 0) is 38.3 Å². The molecule has 0 aromatic heterocycles. The van der Waals surface area contributed by atoms with Gasteiger partial charge < -0.3 is 23.7 Å². The van der Waals surface area contributed by atoms with Crippen LogP contribution in [-0.4, -0.2) is 92.8 Å². The van der Waals surface area contributed by atoms with E-state index in [1.165, 1.54) is 6.26 Å². The van der Waals surface area contributed by atoms with E-state index in [1.807, 2.05) is 20.8 Å². The van der Waals surface area contributed by atoms with Crippen LogP contribution in [0.15, 0.2) is 0 Å². The molecule has 0 aliphatic carbocycles. The minimum atomic E-state index is -2.98. The quantitative estimate of drug-likeness (QED) is 0.243. The van der Waals surface area contributed by atoms with Gasteiger partial charge in [0.1, 0.15) is 16.4 Å². The Morgan fingerprint density at radius 3 is 1.70 bits per heavy atom. The maximum atomic E-state index is 12.2. The monoisotopic (exact) mass is 456 g/mol. The molecule has 0 heterocycles. The highest BCUT2D eigenvalue weighted by Crippen LogP contribution is 2.15. The molecule has 0 aliphatic heterocycles. The molecule has 0 amide bonds. The van der Waals surface area contributed by atoms with Crippen molar-refractivity contribution in [2.24, 2.45) is 5.92 Å². The van der Waals surface area contributed by atoms with Gasteiger partial charge in [-0.05, 0) is 19.3 Å². The van der Waals surface area contributed by atoms with Crippen molar-refractivity contribution in [2.75, 3.05) is 78.6 Å². The Hall–Kier alpha value is -0.580. The summed E-state index contributed by atoms with van der Waals surface area (Å²) in [6.45, 7) is 9.90. The molecule has 182 valence electrons. The van der Waals surface area contributed by atoms with Gasteiger partial charge in [0, 0.05) is 25.0 Å². The number of sulfone groups is 1. The van der Waals surface area contributed by atoms with Crippen LogP contribution in [0.2, 0.25) is 0 Å². The highest BCUT2D eigenvalue weighted by atomic mass is 32.2. The maximum Gasteiger partial charge on any atom is 0.161 e. The summed E-state index contributed by atoms with van der Waals surface area (Å²) in [5, 5.41) is 0. The van der Waals surface area contributed by atoms with Gasteiger partial charge in [-0.2, -0.15) is 0 Å². The summed E-state index contributed by atoms with van der Waals surface area (Å²) in [7, 11) is -1.36. The lowest BCUT2D eigenvalue weighted by molar-refractivity contribution is -0.128. The Bertz CT molecular complexity index is 468. The van der Waals surface area contributed by atoms with Crippen LogP contribution in [0.1, 0.15) is 46.5 Å². The first kappa shape index (κ1) is 31.6. The van der Waals surface area contributed by atoms with E-state index in [0.717, 1.165) is 12.8 Å². The van der Waals surface area contributed by atoms with Crippen molar-refractivity contribution < 1.29 is 36.9 Å². The van der Waals surface area contributed by atoms with Crippen molar-refractivity contribution in [3.05, 3.63) is 0 Å². The number of ketones is 1. The van der Waals surface area contributed by atoms with E-state index < -0.39 is 9.84 Å². The Morgan fingerprint density at radius 2 is 1.27 bits per heavy atom.